The van der Waals surface area contributed by atoms with Crippen LogP contribution in [0.5, 0.6) is 5.75 Å². The number of alkyl halides is 3. The Morgan fingerprint density at radius 1 is 0.923 bits per heavy atom. The summed E-state index contributed by atoms with van der Waals surface area (Å²) in [5.74, 6) is 1.30. The van der Waals surface area contributed by atoms with E-state index in [4.69, 9.17) is 4.74 Å². The molecule has 10 heteroatoms. The molecule has 2 fully saturated rings. The van der Waals surface area contributed by atoms with E-state index in [0.717, 1.165) is 66.9 Å². The molecule has 1 aromatic carbocycles. The monoisotopic (exact) mass is 539 g/mol. The van der Waals surface area contributed by atoms with Crippen molar-refractivity contribution in [2.45, 2.75) is 50.4 Å². The van der Waals surface area contributed by atoms with E-state index in [1.165, 1.54) is 6.07 Å². The van der Waals surface area contributed by atoms with E-state index in [-0.39, 0.29) is 6.10 Å². The van der Waals surface area contributed by atoms with Crippen LogP contribution >= 0.6 is 0 Å². The lowest BCUT2D eigenvalue weighted by Gasteiger charge is -2.36. The molecule has 7 nitrogen and oxygen atoms in total. The standard InChI is InChI=1S/C29H32F3N5O2/c30-29(31,32)22-3-10-28(34-18-22)37-14-12-36(13-15-37)25-17-27(20-33-19-25)39-26-8-6-24(7-9-26)35-23-4-1-21(2-5-23)11-16-38/h1-5,10,16-20,24,26,35H,6-9,11-15H2. The number of rotatable bonds is 8. The van der Waals surface area contributed by atoms with Crippen LogP contribution in [0.4, 0.5) is 30.4 Å². The fraction of sp³-hybridized carbons (Fsp3) is 0.414. The molecular formula is C29H32F3N5O2. The molecule has 3 aromatic rings. The number of aldehydes is 1. The average molecular weight is 540 g/mol. The molecule has 2 aromatic heterocycles. The molecule has 0 spiro atoms. The van der Waals surface area contributed by atoms with Crippen molar-refractivity contribution in [3.63, 3.8) is 0 Å². The number of anilines is 3. The van der Waals surface area contributed by atoms with E-state index in [2.05, 4.69) is 20.2 Å². The summed E-state index contributed by atoms with van der Waals surface area (Å²) in [6, 6.07) is 12.9. The quantitative estimate of drug-likeness (QED) is 0.386. The highest BCUT2D eigenvalue weighted by Crippen LogP contribution is 2.31. The summed E-state index contributed by atoms with van der Waals surface area (Å²) < 4.78 is 44.8. The minimum Gasteiger partial charge on any atom is -0.489 e. The predicted octanol–water partition coefficient (Wildman–Crippen LogP) is 5.37. The molecule has 39 heavy (non-hydrogen) atoms. The van der Waals surface area contributed by atoms with E-state index >= 15 is 0 Å². The average Bonchev–Trinajstić information content (AvgIpc) is 2.95. The number of nitrogens with zero attached hydrogens (tertiary/aromatic N) is 4. The van der Waals surface area contributed by atoms with Gasteiger partial charge in [-0.15, -0.1) is 0 Å². The largest absolute Gasteiger partial charge is 0.489 e. The molecule has 1 N–H and O–H groups in total. The lowest BCUT2D eigenvalue weighted by Crippen LogP contribution is -2.46. The molecule has 0 bridgehead atoms. The number of carbonyl (C=O) groups excluding carboxylic acids is 1. The number of halogens is 3. The summed E-state index contributed by atoms with van der Waals surface area (Å²) in [5.41, 5.74) is 2.32. The topological polar surface area (TPSA) is 70.6 Å². The number of hydrogen-bond acceptors (Lipinski definition) is 7. The van der Waals surface area contributed by atoms with Crippen LogP contribution in [0.1, 0.15) is 36.8 Å². The summed E-state index contributed by atoms with van der Waals surface area (Å²) in [6.45, 7) is 2.72. The van der Waals surface area contributed by atoms with Gasteiger partial charge < -0.3 is 24.6 Å². The van der Waals surface area contributed by atoms with Crippen molar-refractivity contribution < 1.29 is 22.7 Å². The van der Waals surface area contributed by atoms with Gasteiger partial charge in [-0.2, -0.15) is 13.2 Å². The number of aromatic nitrogens is 2. The van der Waals surface area contributed by atoms with Gasteiger partial charge in [0.2, 0.25) is 0 Å². The number of nitrogens with one attached hydrogen (secondary N) is 1. The molecule has 1 aliphatic heterocycles. The highest BCUT2D eigenvalue weighted by Gasteiger charge is 2.31. The molecule has 5 rings (SSSR count). The Balaban J connectivity index is 1.09. The lowest BCUT2D eigenvalue weighted by molar-refractivity contribution is -0.137. The predicted molar refractivity (Wildman–Crippen MR) is 144 cm³/mol. The first-order valence-electron chi connectivity index (χ1n) is 13.3. The molecule has 0 atom stereocenters. The van der Waals surface area contributed by atoms with Gasteiger partial charge in [0.05, 0.1) is 29.7 Å². The van der Waals surface area contributed by atoms with E-state index in [1.807, 2.05) is 41.4 Å². The van der Waals surface area contributed by atoms with Gasteiger partial charge in [0.25, 0.3) is 0 Å². The second-order valence-electron chi connectivity index (χ2n) is 10.1. The van der Waals surface area contributed by atoms with Gasteiger partial charge >= 0.3 is 6.18 Å². The van der Waals surface area contributed by atoms with E-state index in [0.29, 0.717) is 44.5 Å². The minimum absolute atomic E-state index is 0.137. The normalized spacial score (nSPS) is 20.0. The Hall–Kier alpha value is -3.82. The van der Waals surface area contributed by atoms with Crippen LogP contribution in [0, 0.1) is 0 Å². The molecule has 0 radical (unpaired) electrons. The first-order valence-corrected chi connectivity index (χ1v) is 13.3. The maximum Gasteiger partial charge on any atom is 0.417 e. The summed E-state index contributed by atoms with van der Waals surface area (Å²) in [4.78, 5) is 23.3. The first kappa shape index (κ1) is 26.8. The van der Waals surface area contributed by atoms with Crippen molar-refractivity contribution in [2.24, 2.45) is 0 Å². The Morgan fingerprint density at radius 3 is 2.28 bits per heavy atom. The Bertz CT molecular complexity index is 1220. The van der Waals surface area contributed by atoms with Gasteiger partial charge in [0.15, 0.2) is 0 Å². The minimum atomic E-state index is -4.38. The van der Waals surface area contributed by atoms with E-state index in [1.54, 1.807) is 6.20 Å². The molecule has 1 saturated carbocycles. The van der Waals surface area contributed by atoms with Crippen molar-refractivity contribution in [1.82, 2.24) is 9.97 Å². The highest BCUT2D eigenvalue weighted by molar-refractivity contribution is 5.56. The highest BCUT2D eigenvalue weighted by atomic mass is 19.4. The van der Waals surface area contributed by atoms with Gasteiger partial charge in [0.1, 0.15) is 17.9 Å². The molecule has 3 heterocycles. The number of piperazine rings is 1. The summed E-state index contributed by atoms with van der Waals surface area (Å²) in [6.07, 6.45) is 5.48. The third kappa shape index (κ3) is 6.99. The molecular weight excluding hydrogens is 507 g/mol. The van der Waals surface area contributed by atoms with Crippen LogP contribution in [0.25, 0.3) is 0 Å². The molecule has 1 saturated heterocycles. The van der Waals surface area contributed by atoms with Gasteiger partial charge in [-0.25, -0.2) is 4.98 Å². The third-order valence-corrected chi connectivity index (χ3v) is 7.36. The molecule has 1 aliphatic carbocycles. The summed E-state index contributed by atoms with van der Waals surface area (Å²) in [5, 5.41) is 3.59. The van der Waals surface area contributed by atoms with E-state index in [9.17, 15) is 18.0 Å². The van der Waals surface area contributed by atoms with Crippen molar-refractivity contribution in [1.29, 1.82) is 0 Å². The van der Waals surface area contributed by atoms with Gasteiger partial charge in [0, 0.05) is 56.6 Å². The molecule has 2 aliphatic rings. The van der Waals surface area contributed by atoms with Crippen molar-refractivity contribution in [2.75, 3.05) is 41.3 Å². The Labute approximate surface area is 226 Å². The first-order chi connectivity index (χ1) is 18.9. The molecule has 206 valence electrons. The van der Waals surface area contributed by atoms with Crippen LogP contribution in [-0.4, -0.2) is 54.6 Å². The maximum absolute atomic E-state index is 12.8. The van der Waals surface area contributed by atoms with Gasteiger partial charge in [-0.3, -0.25) is 4.98 Å². The second kappa shape index (κ2) is 11.9. The second-order valence-corrected chi connectivity index (χ2v) is 10.1. The smallest absolute Gasteiger partial charge is 0.417 e. The van der Waals surface area contributed by atoms with Crippen LogP contribution < -0.4 is 19.9 Å². The fourth-order valence-corrected chi connectivity index (χ4v) is 5.17. The van der Waals surface area contributed by atoms with E-state index < -0.39 is 11.7 Å². The van der Waals surface area contributed by atoms with Crippen LogP contribution in [0.15, 0.2) is 61.1 Å². The van der Waals surface area contributed by atoms with Crippen LogP contribution in [0.2, 0.25) is 0 Å². The molecule has 0 unspecified atom stereocenters. The van der Waals surface area contributed by atoms with Gasteiger partial charge in [-0.1, -0.05) is 12.1 Å². The van der Waals surface area contributed by atoms with Crippen LogP contribution in [0.3, 0.4) is 0 Å². The zero-order valence-electron chi connectivity index (χ0n) is 21.6. The van der Waals surface area contributed by atoms with Crippen molar-refractivity contribution >= 4 is 23.5 Å². The maximum atomic E-state index is 12.8. The Kier molecular flexibility index (Phi) is 8.18. The number of hydrogen-bond donors (Lipinski definition) is 1. The Morgan fingerprint density at radius 2 is 1.64 bits per heavy atom. The van der Waals surface area contributed by atoms with Crippen molar-refractivity contribution in [3.05, 3.63) is 72.2 Å². The number of pyridine rings is 2. The van der Waals surface area contributed by atoms with Gasteiger partial charge in [-0.05, 0) is 55.5 Å². The summed E-state index contributed by atoms with van der Waals surface area (Å²) >= 11 is 0. The SMILES string of the molecule is O=CCc1ccc(NC2CCC(Oc3cncc(N4CCN(c5ccc(C(F)(F)F)cn5)CC4)c3)CC2)cc1. The fourth-order valence-electron chi connectivity index (χ4n) is 5.17. The zero-order chi connectivity index (χ0) is 27.2. The zero-order valence-corrected chi connectivity index (χ0v) is 21.6. The van der Waals surface area contributed by atoms with Crippen molar-refractivity contribution in [3.8, 4) is 5.75 Å². The summed E-state index contributed by atoms with van der Waals surface area (Å²) in [7, 11) is 0. The lowest BCUT2D eigenvalue weighted by atomic mass is 9.92. The number of carbonyl (C=O) groups is 1. The van der Waals surface area contributed by atoms with Crippen LogP contribution in [-0.2, 0) is 17.4 Å². The number of benzene rings is 1. The third-order valence-electron chi connectivity index (χ3n) is 7.36. The molecule has 0 amide bonds. The number of ether oxygens (including phenoxy) is 1.